The molecule has 0 bridgehead atoms. The number of benzene rings is 1. The van der Waals surface area contributed by atoms with E-state index in [0.29, 0.717) is 6.42 Å². The lowest BCUT2D eigenvalue weighted by Gasteiger charge is -2.08. The third-order valence-electron chi connectivity index (χ3n) is 3.02. The molecule has 0 aliphatic carbocycles. The summed E-state index contributed by atoms with van der Waals surface area (Å²) in [4.78, 5) is 15.2. The lowest BCUT2D eigenvalue weighted by atomic mass is 9.97. The molecule has 17 heavy (non-hydrogen) atoms. The first-order valence-electron chi connectivity index (χ1n) is 5.90. The van der Waals surface area contributed by atoms with Gasteiger partial charge in [0.2, 0.25) is 0 Å². The van der Waals surface area contributed by atoms with Gasteiger partial charge in [0.25, 0.3) is 0 Å². The largest absolute Gasteiger partial charge is 0.365 e. The van der Waals surface area contributed by atoms with Crippen molar-refractivity contribution in [3.8, 4) is 0 Å². The number of aromatic amines is 1. The highest BCUT2D eigenvalue weighted by atomic mass is 16.1. The zero-order valence-corrected chi connectivity index (χ0v) is 10.2. The Labute approximate surface area is 102 Å². The Balaban J connectivity index is 2.04. The number of carbonyl (C=O) groups is 1. The van der Waals surface area contributed by atoms with Crippen molar-refractivity contribution in [2.24, 2.45) is 0 Å². The van der Waals surface area contributed by atoms with Crippen LogP contribution >= 0.6 is 0 Å². The van der Waals surface area contributed by atoms with Gasteiger partial charge < -0.3 is 4.98 Å². The molecule has 0 saturated heterocycles. The van der Waals surface area contributed by atoms with Crippen LogP contribution in [0, 0.1) is 6.92 Å². The number of carbonyl (C=O) groups excluding carboxylic acids is 1. The van der Waals surface area contributed by atoms with Crippen LogP contribution in [0.25, 0.3) is 0 Å². The van der Waals surface area contributed by atoms with Crippen molar-refractivity contribution in [1.29, 1.82) is 0 Å². The summed E-state index contributed by atoms with van der Waals surface area (Å²) in [5.74, 6) is 0.436. The fourth-order valence-corrected chi connectivity index (χ4v) is 1.90. The van der Waals surface area contributed by atoms with E-state index in [1.807, 2.05) is 49.5 Å². The molecule has 1 N–H and O–H groups in total. The third kappa shape index (κ3) is 2.84. The quantitative estimate of drug-likeness (QED) is 0.794. The molecule has 0 aliphatic heterocycles. The van der Waals surface area contributed by atoms with E-state index in [2.05, 4.69) is 11.9 Å². The van der Waals surface area contributed by atoms with Crippen molar-refractivity contribution in [3.63, 3.8) is 0 Å². The third-order valence-corrected chi connectivity index (χ3v) is 3.02. The molecule has 0 aliphatic rings. The molecular formula is C15H17NO. The van der Waals surface area contributed by atoms with Crippen LogP contribution in [0.5, 0.6) is 0 Å². The number of H-pyrrole nitrogens is 1. The van der Waals surface area contributed by atoms with Crippen LogP contribution in [-0.4, -0.2) is 10.8 Å². The maximum atomic E-state index is 12.0. The second-order valence-electron chi connectivity index (χ2n) is 4.52. The van der Waals surface area contributed by atoms with Crippen molar-refractivity contribution in [1.82, 2.24) is 4.98 Å². The first-order valence-corrected chi connectivity index (χ1v) is 5.90. The Bertz CT molecular complexity index is 482. The molecule has 1 aromatic heterocycles. The van der Waals surface area contributed by atoms with Crippen LogP contribution in [0.3, 0.4) is 0 Å². The average molecular weight is 227 g/mol. The first kappa shape index (κ1) is 11.6. The normalized spacial score (nSPS) is 12.4. The van der Waals surface area contributed by atoms with E-state index in [4.69, 9.17) is 0 Å². The molecule has 1 atom stereocenters. The van der Waals surface area contributed by atoms with Crippen LogP contribution in [-0.2, 0) is 0 Å². The molecule has 0 fully saturated rings. The van der Waals surface area contributed by atoms with Crippen LogP contribution in [0.4, 0.5) is 0 Å². The van der Waals surface area contributed by atoms with Crippen LogP contribution in [0.1, 0.15) is 40.9 Å². The summed E-state index contributed by atoms with van der Waals surface area (Å²) in [5, 5.41) is 0. The number of aryl methyl sites for hydroxylation is 1. The topological polar surface area (TPSA) is 32.9 Å². The maximum absolute atomic E-state index is 12.0. The number of hydrogen-bond acceptors (Lipinski definition) is 1. The molecule has 0 saturated carbocycles. The first-order chi connectivity index (χ1) is 8.16. The van der Waals surface area contributed by atoms with Gasteiger partial charge in [-0.2, -0.15) is 0 Å². The van der Waals surface area contributed by atoms with Gasteiger partial charge in [-0.25, -0.2) is 0 Å². The summed E-state index contributed by atoms with van der Waals surface area (Å²) < 4.78 is 0. The van der Waals surface area contributed by atoms with Gasteiger partial charge in [0.1, 0.15) is 0 Å². The highest BCUT2D eigenvalue weighted by molar-refractivity contribution is 5.96. The van der Waals surface area contributed by atoms with Gasteiger partial charge in [-0.1, -0.05) is 36.8 Å². The van der Waals surface area contributed by atoms with Crippen LogP contribution in [0.2, 0.25) is 0 Å². The Kier molecular flexibility index (Phi) is 3.43. The molecule has 0 unspecified atom stereocenters. The molecular weight excluding hydrogens is 210 g/mol. The summed E-state index contributed by atoms with van der Waals surface area (Å²) in [6.45, 7) is 4.09. The van der Waals surface area contributed by atoms with E-state index in [1.165, 1.54) is 5.56 Å². The molecule has 2 nitrogen and oxygen atoms in total. The Morgan fingerprint density at radius 2 is 1.94 bits per heavy atom. The number of aromatic nitrogens is 1. The standard InChI is InChI=1S/C15H17NO/c1-11-5-7-13(8-6-11)15(17)10-12(2)14-4-3-9-16-14/h3-9,12,16H,10H2,1-2H3/t12-/m1/s1. The average Bonchev–Trinajstić information content (AvgIpc) is 2.83. The summed E-state index contributed by atoms with van der Waals surface area (Å²) in [6, 6.07) is 11.7. The lowest BCUT2D eigenvalue weighted by molar-refractivity contribution is 0.0975. The SMILES string of the molecule is Cc1ccc(C(=O)C[C@@H](C)c2ccc[nH]2)cc1. The van der Waals surface area contributed by atoms with E-state index < -0.39 is 0 Å². The zero-order chi connectivity index (χ0) is 12.3. The fraction of sp³-hybridized carbons (Fsp3) is 0.267. The number of rotatable bonds is 4. The zero-order valence-electron chi connectivity index (χ0n) is 10.2. The van der Waals surface area contributed by atoms with Crippen molar-refractivity contribution >= 4 is 5.78 Å². The van der Waals surface area contributed by atoms with Gasteiger partial charge >= 0.3 is 0 Å². The van der Waals surface area contributed by atoms with Gasteiger partial charge in [-0.3, -0.25) is 4.79 Å². The van der Waals surface area contributed by atoms with E-state index in [-0.39, 0.29) is 11.7 Å². The molecule has 0 spiro atoms. The number of Topliss-reactive ketones (excluding diaryl/α,β-unsaturated/α-hetero) is 1. The van der Waals surface area contributed by atoms with Gasteiger partial charge in [-0.15, -0.1) is 0 Å². The minimum atomic E-state index is 0.201. The minimum absolute atomic E-state index is 0.201. The van der Waals surface area contributed by atoms with E-state index >= 15 is 0 Å². The predicted octanol–water partition coefficient (Wildman–Crippen LogP) is 3.70. The summed E-state index contributed by atoms with van der Waals surface area (Å²) in [5.41, 5.74) is 3.10. The van der Waals surface area contributed by atoms with Gasteiger partial charge in [0.15, 0.2) is 5.78 Å². The smallest absolute Gasteiger partial charge is 0.163 e. The number of nitrogens with one attached hydrogen (secondary N) is 1. The second-order valence-corrected chi connectivity index (χ2v) is 4.52. The number of hydrogen-bond donors (Lipinski definition) is 1. The molecule has 0 radical (unpaired) electrons. The summed E-state index contributed by atoms with van der Waals surface area (Å²) >= 11 is 0. The van der Waals surface area contributed by atoms with Crippen molar-refractivity contribution < 1.29 is 4.79 Å². The van der Waals surface area contributed by atoms with Crippen molar-refractivity contribution in [2.45, 2.75) is 26.2 Å². The molecule has 2 rings (SSSR count). The van der Waals surface area contributed by atoms with Crippen molar-refractivity contribution in [2.75, 3.05) is 0 Å². The van der Waals surface area contributed by atoms with E-state index in [1.54, 1.807) is 0 Å². The van der Waals surface area contributed by atoms with Crippen LogP contribution < -0.4 is 0 Å². The lowest BCUT2D eigenvalue weighted by Crippen LogP contribution is -2.05. The van der Waals surface area contributed by atoms with Crippen molar-refractivity contribution in [3.05, 3.63) is 59.4 Å². The monoisotopic (exact) mass is 227 g/mol. The molecule has 0 amide bonds. The Morgan fingerprint density at radius 1 is 1.24 bits per heavy atom. The molecule has 1 aromatic carbocycles. The minimum Gasteiger partial charge on any atom is -0.365 e. The maximum Gasteiger partial charge on any atom is 0.163 e. The molecule has 2 heteroatoms. The van der Waals surface area contributed by atoms with E-state index in [9.17, 15) is 4.79 Å². The van der Waals surface area contributed by atoms with Gasteiger partial charge in [-0.05, 0) is 19.1 Å². The van der Waals surface area contributed by atoms with E-state index in [0.717, 1.165) is 11.3 Å². The fourth-order valence-electron chi connectivity index (χ4n) is 1.90. The van der Waals surface area contributed by atoms with Gasteiger partial charge in [0, 0.05) is 29.8 Å². The Hall–Kier alpha value is -1.83. The predicted molar refractivity (Wildman–Crippen MR) is 69.3 cm³/mol. The Morgan fingerprint density at radius 3 is 2.53 bits per heavy atom. The highest BCUT2D eigenvalue weighted by Crippen LogP contribution is 2.19. The summed E-state index contributed by atoms with van der Waals surface area (Å²) in [7, 11) is 0. The molecule has 88 valence electrons. The van der Waals surface area contributed by atoms with Crippen LogP contribution in [0.15, 0.2) is 42.6 Å². The summed E-state index contributed by atoms with van der Waals surface area (Å²) in [6.07, 6.45) is 2.44. The second kappa shape index (κ2) is 5.00. The molecule has 1 heterocycles. The highest BCUT2D eigenvalue weighted by Gasteiger charge is 2.13. The van der Waals surface area contributed by atoms with Gasteiger partial charge in [0.05, 0.1) is 0 Å². The number of ketones is 1. The molecule has 2 aromatic rings.